The second-order valence-corrected chi connectivity index (χ2v) is 4.75. The molecule has 2 fully saturated rings. The monoisotopic (exact) mass is 244 g/mol. The van der Waals surface area contributed by atoms with Gasteiger partial charge in [0.1, 0.15) is 6.10 Å². The van der Waals surface area contributed by atoms with E-state index in [0.29, 0.717) is 38.9 Å². The molecule has 0 aromatic rings. The molecular weight excluding hydrogens is 227 g/mol. The SMILES string of the molecule is COC[C@]12C/C(=C/F)CN1C[C@@H](OC(N)=O)C2. The number of methoxy groups -OCH3 is 1. The third-order valence-electron chi connectivity index (χ3n) is 3.50. The number of rotatable bonds is 3. The van der Waals surface area contributed by atoms with E-state index >= 15 is 0 Å². The van der Waals surface area contributed by atoms with Gasteiger partial charge in [0.15, 0.2) is 0 Å². The Morgan fingerprint density at radius 3 is 3.12 bits per heavy atom. The number of ether oxygens (including phenoxy) is 2. The standard InChI is InChI=1S/C11H17FN2O3/c1-16-7-11-2-8(4-12)5-14(11)6-9(3-11)17-10(13)15/h4,9H,2-3,5-7H2,1H3,(H2,13,15)/b8-4-/t9-,11+/m0/s1. The van der Waals surface area contributed by atoms with Crippen LogP contribution in [0.1, 0.15) is 12.8 Å². The Bertz CT molecular complexity index is 348. The molecule has 1 amide bonds. The molecule has 0 radical (unpaired) electrons. The zero-order valence-corrected chi connectivity index (χ0v) is 9.82. The third kappa shape index (κ3) is 2.28. The number of carbonyl (C=O) groups excluding carboxylic acids is 1. The first kappa shape index (κ1) is 12.3. The van der Waals surface area contributed by atoms with Gasteiger partial charge in [0, 0.05) is 26.6 Å². The number of nitrogens with two attached hydrogens (primary N) is 1. The normalized spacial score (nSPS) is 35.2. The first-order valence-corrected chi connectivity index (χ1v) is 5.58. The predicted octanol–water partition coefficient (Wildman–Crippen LogP) is 0.798. The lowest BCUT2D eigenvalue weighted by atomic mass is 9.93. The molecule has 17 heavy (non-hydrogen) atoms. The summed E-state index contributed by atoms with van der Waals surface area (Å²) in [4.78, 5) is 12.8. The Morgan fingerprint density at radius 1 is 1.76 bits per heavy atom. The van der Waals surface area contributed by atoms with Crippen molar-refractivity contribution in [2.75, 3.05) is 26.8 Å². The highest BCUT2D eigenvalue weighted by Gasteiger charge is 2.51. The number of hydrogen-bond donors (Lipinski definition) is 1. The van der Waals surface area contributed by atoms with Gasteiger partial charge >= 0.3 is 6.09 Å². The molecule has 0 aliphatic carbocycles. The molecule has 0 bridgehead atoms. The summed E-state index contributed by atoms with van der Waals surface area (Å²) < 4.78 is 22.8. The lowest BCUT2D eigenvalue weighted by Gasteiger charge is -2.29. The summed E-state index contributed by atoms with van der Waals surface area (Å²) >= 11 is 0. The molecule has 2 aliphatic heterocycles. The van der Waals surface area contributed by atoms with Crippen LogP contribution in [0.2, 0.25) is 0 Å². The van der Waals surface area contributed by atoms with Gasteiger partial charge in [0.25, 0.3) is 0 Å². The van der Waals surface area contributed by atoms with Gasteiger partial charge in [-0.15, -0.1) is 0 Å². The van der Waals surface area contributed by atoms with Crippen LogP contribution in [-0.4, -0.2) is 49.4 Å². The number of amides is 1. The van der Waals surface area contributed by atoms with Crippen molar-refractivity contribution in [3.8, 4) is 0 Å². The molecule has 2 saturated heterocycles. The molecule has 5 nitrogen and oxygen atoms in total. The highest BCUT2D eigenvalue weighted by molar-refractivity contribution is 5.64. The Kier molecular flexibility index (Phi) is 3.35. The van der Waals surface area contributed by atoms with Crippen LogP contribution in [0, 0.1) is 0 Å². The number of nitrogens with zero attached hydrogens (tertiary/aromatic N) is 1. The minimum absolute atomic E-state index is 0.219. The first-order valence-electron chi connectivity index (χ1n) is 5.58. The van der Waals surface area contributed by atoms with Crippen molar-refractivity contribution in [2.45, 2.75) is 24.5 Å². The van der Waals surface area contributed by atoms with Gasteiger partial charge in [-0.05, 0) is 12.0 Å². The lowest BCUT2D eigenvalue weighted by molar-refractivity contribution is 0.0642. The maximum absolute atomic E-state index is 12.6. The van der Waals surface area contributed by atoms with Gasteiger partial charge in [-0.1, -0.05) is 0 Å². The summed E-state index contributed by atoms with van der Waals surface area (Å²) in [6, 6.07) is 0. The van der Waals surface area contributed by atoms with E-state index in [0.717, 1.165) is 5.57 Å². The van der Waals surface area contributed by atoms with Crippen molar-refractivity contribution in [3.63, 3.8) is 0 Å². The van der Waals surface area contributed by atoms with E-state index in [4.69, 9.17) is 15.2 Å². The largest absolute Gasteiger partial charge is 0.445 e. The molecule has 2 aliphatic rings. The van der Waals surface area contributed by atoms with Crippen LogP contribution in [-0.2, 0) is 9.47 Å². The Balaban J connectivity index is 2.09. The van der Waals surface area contributed by atoms with Gasteiger partial charge < -0.3 is 15.2 Å². The van der Waals surface area contributed by atoms with Gasteiger partial charge in [0.05, 0.1) is 18.5 Å². The second-order valence-electron chi connectivity index (χ2n) is 4.75. The fourth-order valence-corrected chi connectivity index (χ4v) is 2.98. The smallest absolute Gasteiger partial charge is 0.404 e. The number of halogens is 1. The van der Waals surface area contributed by atoms with Crippen LogP contribution in [0.5, 0.6) is 0 Å². The van der Waals surface area contributed by atoms with Crippen molar-refractivity contribution in [3.05, 3.63) is 11.9 Å². The summed E-state index contributed by atoms with van der Waals surface area (Å²) in [6.45, 7) is 1.66. The number of fused-ring (bicyclic) bond motifs is 1. The summed E-state index contributed by atoms with van der Waals surface area (Å²) in [5, 5.41) is 0. The van der Waals surface area contributed by atoms with Crippen molar-refractivity contribution in [2.24, 2.45) is 5.73 Å². The maximum Gasteiger partial charge on any atom is 0.404 e. The van der Waals surface area contributed by atoms with Crippen LogP contribution in [0.4, 0.5) is 9.18 Å². The molecule has 0 spiro atoms. The van der Waals surface area contributed by atoms with E-state index < -0.39 is 6.09 Å². The summed E-state index contributed by atoms with van der Waals surface area (Å²) in [7, 11) is 1.62. The van der Waals surface area contributed by atoms with Gasteiger partial charge in [-0.2, -0.15) is 0 Å². The van der Waals surface area contributed by atoms with Gasteiger partial charge in [-0.25, -0.2) is 9.18 Å². The van der Waals surface area contributed by atoms with E-state index in [2.05, 4.69) is 4.90 Å². The molecule has 6 heteroatoms. The summed E-state index contributed by atoms with van der Waals surface area (Å²) in [6.07, 6.45) is 0.949. The van der Waals surface area contributed by atoms with E-state index in [1.807, 2.05) is 0 Å². The topological polar surface area (TPSA) is 64.8 Å². The second kappa shape index (κ2) is 4.62. The minimum atomic E-state index is -0.759. The zero-order chi connectivity index (χ0) is 12.5. The molecule has 0 unspecified atom stereocenters. The fourth-order valence-electron chi connectivity index (χ4n) is 2.98. The molecule has 0 aromatic carbocycles. The van der Waals surface area contributed by atoms with Crippen molar-refractivity contribution in [1.29, 1.82) is 0 Å². The van der Waals surface area contributed by atoms with E-state index in [1.165, 1.54) is 0 Å². The van der Waals surface area contributed by atoms with Crippen molar-refractivity contribution < 1.29 is 18.7 Å². The highest BCUT2D eigenvalue weighted by atomic mass is 19.1. The third-order valence-corrected chi connectivity index (χ3v) is 3.50. The quantitative estimate of drug-likeness (QED) is 0.797. The fraction of sp³-hybridized carbons (Fsp3) is 0.727. The van der Waals surface area contributed by atoms with Crippen LogP contribution in [0.15, 0.2) is 11.9 Å². The van der Waals surface area contributed by atoms with E-state index in [9.17, 15) is 9.18 Å². The Hall–Kier alpha value is -1.14. The molecule has 2 heterocycles. The van der Waals surface area contributed by atoms with Crippen LogP contribution in [0.25, 0.3) is 0 Å². The molecule has 2 rings (SSSR count). The average Bonchev–Trinajstić information content (AvgIpc) is 2.70. The first-order chi connectivity index (χ1) is 8.09. The lowest BCUT2D eigenvalue weighted by Crippen LogP contribution is -2.42. The van der Waals surface area contributed by atoms with Crippen LogP contribution in [0.3, 0.4) is 0 Å². The van der Waals surface area contributed by atoms with Gasteiger partial charge in [-0.3, -0.25) is 4.90 Å². The minimum Gasteiger partial charge on any atom is -0.445 e. The van der Waals surface area contributed by atoms with Crippen molar-refractivity contribution in [1.82, 2.24) is 4.90 Å². The molecule has 96 valence electrons. The zero-order valence-electron chi connectivity index (χ0n) is 9.82. The van der Waals surface area contributed by atoms with E-state index in [-0.39, 0.29) is 11.6 Å². The average molecular weight is 244 g/mol. The van der Waals surface area contributed by atoms with E-state index in [1.54, 1.807) is 7.11 Å². The van der Waals surface area contributed by atoms with Gasteiger partial charge in [0.2, 0.25) is 0 Å². The molecule has 2 atom stereocenters. The summed E-state index contributed by atoms with van der Waals surface area (Å²) in [5.74, 6) is 0. The highest BCUT2D eigenvalue weighted by Crippen LogP contribution is 2.42. The Labute approximate surface area is 99.3 Å². The molecule has 2 N–H and O–H groups in total. The van der Waals surface area contributed by atoms with Crippen molar-refractivity contribution >= 4 is 6.09 Å². The number of carbonyl (C=O) groups is 1. The predicted molar refractivity (Wildman–Crippen MR) is 59.1 cm³/mol. The number of hydrogen-bond acceptors (Lipinski definition) is 4. The molecule has 0 aromatic heterocycles. The summed E-state index contributed by atoms with van der Waals surface area (Å²) in [5.41, 5.74) is 5.53. The van der Waals surface area contributed by atoms with Crippen LogP contribution < -0.4 is 5.73 Å². The Morgan fingerprint density at radius 2 is 2.53 bits per heavy atom. The maximum atomic E-state index is 12.6. The number of primary amides is 1. The molecular formula is C11H17FN2O3. The van der Waals surface area contributed by atoms with Crippen LogP contribution >= 0.6 is 0 Å². The molecule has 0 saturated carbocycles.